The molecular weight excluding hydrogens is 466 g/mol. The van der Waals surface area contributed by atoms with Crippen LogP contribution in [0.3, 0.4) is 0 Å². The van der Waals surface area contributed by atoms with Gasteiger partial charge in [0.15, 0.2) is 9.84 Å². The molecule has 1 aliphatic rings. The minimum absolute atomic E-state index is 0.165. The number of ether oxygens (including phenoxy) is 2. The van der Waals surface area contributed by atoms with Crippen molar-refractivity contribution >= 4 is 30.9 Å². The molecule has 11 heteroatoms. The fraction of sp³-hybridized carbons (Fsp3) is 0.409. The Labute approximate surface area is 193 Å². The van der Waals surface area contributed by atoms with Gasteiger partial charge in [-0.05, 0) is 48.9 Å². The molecule has 178 valence electrons. The van der Waals surface area contributed by atoms with E-state index in [-0.39, 0.29) is 16.4 Å². The lowest BCUT2D eigenvalue weighted by molar-refractivity contribution is 0.0730. The number of aryl methyl sites for hydroxylation is 1. The lowest BCUT2D eigenvalue weighted by Crippen LogP contribution is -2.40. The molecule has 0 radical (unpaired) electrons. The molecule has 1 saturated heterocycles. The standard InChI is InChI=1S/C22H27N3O6S2/c1-3-10-25-21-9-8-19(33(28,29)24-11-13-30-14-12-24)15-20(21)23-22(25)16-31-17-4-6-18(7-5-17)32(2,26)27/h4-9,15H,3,10-14,16H2,1-2H3. The molecule has 0 N–H and O–H groups in total. The quantitative estimate of drug-likeness (QED) is 0.474. The van der Waals surface area contributed by atoms with E-state index in [1.54, 1.807) is 30.3 Å². The fourth-order valence-corrected chi connectivity index (χ4v) is 5.83. The maximum atomic E-state index is 13.0. The van der Waals surface area contributed by atoms with Crippen molar-refractivity contribution in [1.29, 1.82) is 0 Å². The van der Waals surface area contributed by atoms with Crippen molar-refractivity contribution in [2.45, 2.75) is 36.3 Å². The second-order valence-electron chi connectivity index (χ2n) is 7.88. The summed E-state index contributed by atoms with van der Waals surface area (Å²) in [6.07, 6.45) is 2.03. The number of sulfonamides is 1. The Kier molecular flexibility index (Phi) is 6.76. The van der Waals surface area contributed by atoms with Crippen molar-refractivity contribution in [1.82, 2.24) is 13.9 Å². The Hall–Kier alpha value is -2.47. The van der Waals surface area contributed by atoms with Crippen LogP contribution >= 0.6 is 0 Å². The van der Waals surface area contributed by atoms with E-state index in [2.05, 4.69) is 11.9 Å². The number of morpholine rings is 1. The van der Waals surface area contributed by atoms with Crippen LogP contribution in [0.4, 0.5) is 0 Å². The summed E-state index contributed by atoms with van der Waals surface area (Å²) in [5, 5.41) is 0. The molecule has 1 aromatic heterocycles. The van der Waals surface area contributed by atoms with Gasteiger partial charge in [0.1, 0.15) is 18.2 Å². The van der Waals surface area contributed by atoms with Crippen LogP contribution < -0.4 is 4.74 Å². The molecule has 0 atom stereocenters. The maximum Gasteiger partial charge on any atom is 0.243 e. The lowest BCUT2D eigenvalue weighted by atomic mass is 10.3. The number of fused-ring (bicyclic) bond motifs is 1. The van der Waals surface area contributed by atoms with Gasteiger partial charge in [0, 0.05) is 25.9 Å². The average molecular weight is 494 g/mol. The summed E-state index contributed by atoms with van der Waals surface area (Å²) < 4.78 is 63.9. The number of imidazole rings is 1. The van der Waals surface area contributed by atoms with Crippen LogP contribution in [0, 0.1) is 0 Å². The number of benzene rings is 2. The number of rotatable bonds is 8. The molecule has 2 heterocycles. The van der Waals surface area contributed by atoms with E-state index >= 15 is 0 Å². The Morgan fingerprint density at radius 3 is 2.30 bits per heavy atom. The van der Waals surface area contributed by atoms with Crippen molar-refractivity contribution in [2.24, 2.45) is 0 Å². The van der Waals surface area contributed by atoms with E-state index in [0.29, 0.717) is 49.9 Å². The molecule has 3 aromatic rings. The zero-order valence-electron chi connectivity index (χ0n) is 18.6. The van der Waals surface area contributed by atoms with Crippen LogP contribution in [0.25, 0.3) is 11.0 Å². The second-order valence-corrected chi connectivity index (χ2v) is 11.8. The van der Waals surface area contributed by atoms with E-state index in [1.807, 2.05) is 4.57 Å². The molecule has 0 saturated carbocycles. The van der Waals surface area contributed by atoms with Crippen LogP contribution in [0.5, 0.6) is 5.75 Å². The third-order valence-corrected chi connectivity index (χ3v) is 8.50. The number of aromatic nitrogens is 2. The van der Waals surface area contributed by atoms with Crippen LogP contribution in [0.1, 0.15) is 19.2 Å². The van der Waals surface area contributed by atoms with Gasteiger partial charge in [-0.1, -0.05) is 6.92 Å². The zero-order valence-corrected chi connectivity index (χ0v) is 20.2. The smallest absolute Gasteiger partial charge is 0.243 e. The molecule has 2 aromatic carbocycles. The summed E-state index contributed by atoms with van der Waals surface area (Å²) in [7, 11) is -6.89. The predicted molar refractivity (Wildman–Crippen MR) is 123 cm³/mol. The van der Waals surface area contributed by atoms with Crippen molar-refractivity contribution in [3.63, 3.8) is 0 Å². The molecule has 1 fully saturated rings. The highest BCUT2D eigenvalue weighted by Gasteiger charge is 2.27. The Bertz CT molecular complexity index is 1340. The first-order valence-electron chi connectivity index (χ1n) is 10.7. The Morgan fingerprint density at radius 1 is 1.00 bits per heavy atom. The number of nitrogens with zero attached hydrogens (tertiary/aromatic N) is 3. The first-order valence-corrected chi connectivity index (χ1v) is 14.0. The van der Waals surface area contributed by atoms with Crippen LogP contribution in [-0.4, -0.2) is 63.3 Å². The molecular formula is C22H27N3O6S2. The molecule has 0 amide bonds. The highest BCUT2D eigenvalue weighted by molar-refractivity contribution is 7.90. The highest BCUT2D eigenvalue weighted by Crippen LogP contribution is 2.25. The molecule has 9 nitrogen and oxygen atoms in total. The topological polar surface area (TPSA) is 108 Å². The second kappa shape index (κ2) is 9.41. The van der Waals surface area contributed by atoms with E-state index in [1.165, 1.54) is 16.4 Å². The monoisotopic (exact) mass is 493 g/mol. The van der Waals surface area contributed by atoms with Gasteiger partial charge < -0.3 is 14.0 Å². The SMILES string of the molecule is CCCn1c(COc2ccc(S(C)(=O)=O)cc2)nc2cc(S(=O)(=O)N3CCOCC3)ccc21. The predicted octanol–water partition coefficient (Wildman–Crippen LogP) is 2.45. The normalized spacial score (nSPS) is 15.7. The summed E-state index contributed by atoms with van der Waals surface area (Å²) in [5.74, 6) is 1.19. The molecule has 0 aliphatic carbocycles. The van der Waals surface area contributed by atoms with Crippen molar-refractivity contribution in [2.75, 3.05) is 32.6 Å². The van der Waals surface area contributed by atoms with Crippen molar-refractivity contribution in [3.05, 3.63) is 48.3 Å². The average Bonchev–Trinajstić information content (AvgIpc) is 3.15. The van der Waals surface area contributed by atoms with Gasteiger partial charge in [0.2, 0.25) is 10.0 Å². The van der Waals surface area contributed by atoms with Gasteiger partial charge >= 0.3 is 0 Å². The number of hydrogen-bond acceptors (Lipinski definition) is 7. The van der Waals surface area contributed by atoms with Gasteiger partial charge in [0.05, 0.1) is 34.0 Å². The van der Waals surface area contributed by atoms with Gasteiger partial charge in [-0.3, -0.25) is 0 Å². The molecule has 1 aliphatic heterocycles. The number of hydrogen-bond donors (Lipinski definition) is 0. The fourth-order valence-electron chi connectivity index (χ4n) is 3.77. The van der Waals surface area contributed by atoms with E-state index in [0.717, 1.165) is 18.2 Å². The van der Waals surface area contributed by atoms with Gasteiger partial charge in [-0.2, -0.15) is 4.31 Å². The summed E-state index contributed by atoms with van der Waals surface area (Å²) in [6, 6.07) is 11.2. The van der Waals surface area contributed by atoms with Gasteiger partial charge in [-0.25, -0.2) is 21.8 Å². The highest BCUT2D eigenvalue weighted by atomic mass is 32.2. The minimum atomic E-state index is -3.62. The molecule has 0 spiro atoms. The maximum absolute atomic E-state index is 13.0. The molecule has 0 unspecified atom stereocenters. The number of sulfone groups is 1. The van der Waals surface area contributed by atoms with Crippen LogP contribution in [-0.2, 0) is 37.7 Å². The first-order chi connectivity index (χ1) is 15.7. The molecule has 33 heavy (non-hydrogen) atoms. The summed E-state index contributed by atoms with van der Waals surface area (Å²) in [4.78, 5) is 5.09. The van der Waals surface area contributed by atoms with Crippen LogP contribution in [0.15, 0.2) is 52.3 Å². The van der Waals surface area contributed by atoms with Gasteiger partial charge in [-0.15, -0.1) is 0 Å². The largest absolute Gasteiger partial charge is 0.486 e. The summed E-state index contributed by atoms with van der Waals surface area (Å²) >= 11 is 0. The van der Waals surface area contributed by atoms with E-state index in [9.17, 15) is 16.8 Å². The van der Waals surface area contributed by atoms with E-state index < -0.39 is 19.9 Å². The Morgan fingerprint density at radius 2 is 1.67 bits per heavy atom. The zero-order chi connectivity index (χ0) is 23.6. The molecule has 4 rings (SSSR count). The lowest BCUT2D eigenvalue weighted by Gasteiger charge is -2.26. The third kappa shape index (κ3) is 5.06. The third-order valence-electron chi connectivity index (χ3n) is 5.47. The summed E-state index contributed by atoms with van der Waals surface area (Å²) in [5.41, 5.74) is 1.42. The first kappa shape index (κ1) is 23.7. The Balaban J connectivity index is 1.60. The van der Waals surface area contributed by atoms with E-state index in [4.69, 9.17) is 9.47 Å². The van der Waals surface area contributed by atoms with Gasteiger partial charge in [0.25, 0.3) is 0 Å². The van der Waals surface area contributed by atoms with Crippen molar-refractivity contribution < 1.29 is 26.3 Å². The molecule has 0 bridgehead atoms. The summed E-state index contributed by atoms with van der Waals surface area (Å²) in [6.45, 7) is 4.37. The van der Waals surface area contributed by atoms with Crippen molar-refractivity contribution in [3.8, 4) is 5.75 Å². The van der Waals surface area contributed by atoms with Crippen LogP contribution in [0.2, 0.25) is 0 Å². The minimum Gasteiger partial charge on any atom is -0.486 e.